The third kappa shape index (κ3) is 6.85. The van der Waals surface area contributed by atoms with Gasteiger partial charge in [0.25, 0.3) is 5.91 Å². The van der Waals surface area contributed by atoms with E-state index in [2.05, 4.69) is 30.7 Å². The van der Waals surface area contributed by atoms with Crippen molar-refractivity contribution in [2.75, 3.05) is 13.7 Å². The van der Waals surface area contributed by atoms with Gasteiger partial charge < -0.3 is 14.8 Å². The van der Waals surface area contributed by atoms with Gasteiger partial charge in [0.05, 0.1) is 12.0 Å². The first-order chi connectivity index (χ1) is 15.7. The first-order valence-corrected chi connectivity index (χ1v) is 10.0. The molecule has 0 radical (unpaired) electrons. The van der Waals surface area contributed by atoms with Gasteiger partial charge in [-0.2, -0.15) is 22.0 Å². The number of benzene rings is 2. The first kappa shape index (κ1) is 27.0. The highest BCUT2D eigenvalue weighted by atomic mass is 79.9. The van der Waals surface area contributed by atoms with Crippen LogP contribution in [0, 0.1) is 10.1 Å². The van der Waals surface area contributed by atoms with Crippen molar-refractivity contribution in [1.82, 2.24) is 5.32 Å². The number of amides is 1. The zero-order valence-electron chi connectivity index (χ0n) is 17.2. The predicted octanol–water partition coefficient (Wildman–Crippen LogP) is 4.45. The van der Waals surface area contributed by atoms with Crippen LogP contribution in [0.3, 0.4) is 0 Å². The molecule has 0 aliphatic carbocycles. The van der Waals surface area contributed by atoms with Crippen molar-refractivity contribution in [2.24, 2.45) is 0 Å². The van der Waals surface area contributed by atoms with Crippen LogP contribution < -0.4 is 10.1 Å². The summed E-state index contributed by atoms with van der Waals surface area (Å²) < 4.78 is 73.3. The molecular formula is C20H16BrF5N2O6. The highest BCUT2D eigenvalue weighted by Crippen LogP contribution is 2.37. The molecule has 1 amide bonds. The summed E-state index contributed by atoms with van der Waals surface area (Å²) in [5.41, 5.74) is -0.685. The Morgan fingerprint density at radius 1 is 1.12 bits per heavy atom. The number of nitrogens with zero attached hydrogens (tertiary/aromatic N) is 1. The minimum absolute atomic E-state index is 0.000162. The molecule has 0 unspecified atom stereocenters. The van der Waals surface area contributed by atoms with Crippen LogP contribution in [0.2, 0.25) is 0 Å². The van der Waals surface area contributed by atoms with Gasteiger partial charge in [-0.3, -0.25) is 14.9 Å². The second-order valence-corrected chi connectivity index (χ2v) is 7.73. The molecule has 8 nitrogen and oxygen atoms in total. The number of nitro benzene ring substituents is 1. The number of nitrogens with one attached hydrogen (secondary N) is 1. The Morgan fingerprint density at radius 3 is 2.26 bits per heavy atom. The van der Waals surface area contributed by atoms with Crippen LogP contribution in [0.25, 0.3) is 0 Å². The first-order valence-electron chi connectivity index (χ1n) is 9.24. The van der Waals surface area contributed by atoms with E-state index in [1.807, 2.05) is 0 Å². The molecule has 0 heterocycles. The van der Waals surface area contributed by atoms with Gasteiger partial charge in [0.2, 0.25) is 0 Å². The van der Waals surface area contributed by atoms with Gasteiger partial charge in [-0.1, -0.05) is 28.1 Å². The van der Waals surface area contributed by atoms with Gasteiger partial charge in [0, 0.05) is 28.6 Å². The van der Waals surface area contributed by atoms with Crippen LogP contribution in [0.5, 0.6) is 5.75 Å². The van der Waals surface area contributed by atoms with Crippen molar-refractivity contribution < 1.29 is 45.9 Å². The van der Waals surface area contributed by atoms with Crippen LogP contribution in [0.1, 0.15) is 15.9 Å². The lowest BCUT2D eigenvalue weighted by Crippen LogP contribution is -2.43. The van der Waals surface area contributed by atoms with E-state index >= 15 is 0 Å². The van der Waals surface area contributed by atoms with Crippen molar-refractivity contribution in [2.45, 2.75) is 24.6 Å². The van der Waals surface area contributed by atoms with E-state index < -0.39 is 53.0 Å². The number of alkyl halides is 5. The number of carbonyl (C=O) groups is 2. The summed E-state index contributed by atoms with van der Waals surface area (Å²) in [6.07, 6.45) is -5.95. The van der Waals surface area contributed by atoms with E-state index in [0.29, 0.717) is 17.7 Å². The number of carbonyl (C=O) groups excluding carboxylic acids is 2. The molecule has 0 aliphatic rings. The number of halogens is 6. The van der Waals surface area contributed by atoms with Crippen LogP contribution in [-0.4, -0.2) is 48.7 Å². The number of ether oxygens (including phenoxy) is 2. The number of nitro groups is 1. The largest absolute Gasteiger partial charge is 0.480 e. The fourth-order valence-electron chi connectivity index (χ4n) is 2.61. The maximum atomic E-state index is 13.2. The van der Waals surface area contributed by atoms with E-state index in [4.69, 9.17) is 0 Å². The fourth-order valence-corrected chi connectivity index (χ4v) is 2.87. The third-order valence-corrected chi connectivity index (χ3v) is 4.92. The molecule has 0 spiro atoms. The summed E-state index contributed by atoms with van der Waals surface area (Å²) in [5, 5.41) is 13.4. The minimum atomic E-state index is -5.95. The lowest BCUT2D eigenvalue weighted by molar-refractivity contribution is -0.386. The Balaban J connectivity index is 2.27. The minimum Gasteiger partial charge on any atom is -0.480 e. The highest BCUT2D eigenvalue weighted by Gasteiger charge is 2.58. The van der Waals surface area contributed by atoms with E-state index in [0.717, 1.165) is 17.6 Å². The fraction of sp³-hybridized carbons (Fsp3) is 0.300. The van der Waals surface area contributed by atoms with Gasteiger partial charge in [0.15, 0.2) is 12.4 Å². The van der Waals surface area contributed by atoms with Gasteiger partial charge in [-0.05, 0) is 23.8 Å². The van der Waals surface area contributed by atoms with Crippen LogP contribution in [0.15, 0.2) is 46.9 Å². The van der Waals surface area contributed by atoms with Crippen LogP contribution in [0.4, 0.5) is 27.6 Å². The number of esters is 1. The van der Waals surface area contributed by atoms with Crippen LogP contribution in [-0.2, 0) is 16.0 Å². The molecule has 34 heavy (non-hydrogen) atoms. The third-order valence-electron chi connectivity index (χ3n) is 4.39. The highest BCUT2D eigenvalue weighted by molar-refractivity contribution is 9.10. The Hall–Kier alpha value is -3.29. The number of hydrogen-bond acceptors (Lipinski definition) is 6. The van der Waals surface area contributed by atoms with Crippen molar-refractivity contribution >= 4 is 33.5 Å². The summed E-state index contributed by atoms with van der Waals surface area (Å²) in [7, 11) is 1.09. The lowest BCUT2D eigenvalue weighted by Gasteiger charge is -2.20. The number of hydrogen-bond donors (Lipinski definition) is 1. The molecule has 0 saturated heterocycles. The second kappa shape index (κ2) is 10.8. The Kier molecular flexibility index (Phi) is 8.53. The maximum Gasteiger partial charge on any atom is 0.456 e. The van der Waals surface area contributed by atoms with Crippen molar-refractivity contribution in [3.63, 3.8) is 0 Å². The van der Waals surface area contributed by atoms with E-state index in [9.17, 15) is 41.7 Å². The molecule has 0 bridgehead atoms. The topological polar surface area (TPSA) is 108 Å². The molecule has 0 saturated carbocycles. The van der Waals surface area contributed by atoms with Gasteiger partial charge in [-0.25, -0.2) is 4.79 Å². The zero-order valence-corrected chi connectivity index (χ0v) is 18.8. The second-order valence-electron chi connectivity index (χ2n) is 6.81. The average molecular weight is 555 g/mol. The smallest absolute Gasteiger partial charge is 0.456 e. The quantitative estimate of drug-likeness (QED) is 0.212. The maximum absolute atomic E-state index is 13.2. The molecule has 0 aromatic heterocycles. The van der Waals surface area contributed by atoms with E-state index in [1.165, 1.54) is 0 Å². The molecule has 14 heteroatoms. The molecule has 2 aromatic rings. The Bertz CT molecular complexity index is 1060. The average Bonchev–Trinajstić information content (AvgIpc) is 2.77. The zero-order chi connectivity index (χ0) is 25.7. The molecule has 2 rings (SSSR count). The van der Waals surface area contributed by atoms with E-state index in [-0.39, 0.29) is 12.0 Å². The normalized spacial score (nSPS) is 12.6. The molecule has 1 atom stereocenters. The summed E-state index contributed by atoms with van der Waals surface area (Å²) in [6.45, 7) is -2.24. The Labute approximate surface area is 197 Å². The molecule has 184 valence electrons. The van der Waals surface area contributed by atoms with Crippen LogP contribution >= 0.6 is 15.9 Å². The summed E-state index contributed by atoms with van der Waals surface area (Å²) in [6, 6.07) is 7.80. The summed E-state index contributed by atoms with van der Waals surface area (Å²) in [4.78, 5) is 34.8. The lowest BCUT2D eigenvalue weighted by atomic mass is 10.1. The number of rotatable bonds is 9. The summed E-state index contributed by atoms with van der Waals surface area (Å²) in [5.74, 6) is -8.07. The Morgan fingerprint density at radius 2 is 1.74 bits per heavy atom. The van der Waals surface area contributed by atoms with Crippen molar-refractivity contribution in [1.29, 1.82) is 0 Å². The molecule has 2 aromatic carbocycles. The number of methoxy groups -OCH3 is 1. The van der Waals surface area contributed by atoms with E-state index in [1.54, 1.807) is 24.3 Å². The van der Waals surface area contributed by atoms with Gasteiger partial charge in [-0.15, -0.1) is 0 Å². The van der Waals surface area contributed by atoms with Crippen molar-refractivity contribution in [3.8, 4) is 5.75 Å². The standard InChI is InChI=1S/C20H16BrF5N2O6/c1-33-18(30)14(8-11-2-5-13(21)6-3-11)27-17(29)12-4-7-15(28(31)32)16(9-12)34-10-19(22,23)20(24,25)26/h2-7,9,14H,8,10H2,1H3,(H,27,29)/t14-/m0/s1. The molecule has 0 aliphatic heterocycles. The molecular weight excluding hydrogens is 539 g/mol. The monoisotopic (exact) mass is 554 g/mol. The summed E-state index contributed by atoms with van der Waals surface area (Å²) >= 11 is 3.25. The predicted molar refractivity (Wildman–Crippen MR) is 111 cm³/mol. The molecule has 1 N–H and O–H groups in total. The van der Waals surface area contributed by atoms with Gasteiger partial charge in [0.1, 0.15) is 6.04 Å². The van der Waals surface area contributed by atoms with Gasteiger partial charge >= 0.3 is 23.8 Å². The van der Waals surface area contributed by atoms with Crippen molar-refractivity contribution in [3.05, 3.63) is 68.2 Å². The molecule has 0 fully saturated rings. The SMILES string of the molecule is COC(=O)[C@H](Cc1ccc(Br)cc1)NC(=O)c1ccc([N+](=O)[O-])c(OCC(F)(F)C(F)(F)F)c1.